The fraction of sp³-hybridized carbons (Fsp3) is 0.714. The summed E-state index contributed by atoms with van der Waals surface area (Å²) in [5.41, 5.74) is 1.09. The molecule has 3 aliphatic heterocycles. The number of carbonyl (C=O) groups excluding carboxylic acids is 1. The lowest BCUT2D eigenvalue weighted by Crippen LogP contribution is -2.30. The monoisotopic (exact) mass is 184 g/mol. The third kappa shape index (κ3) is 0.696. The zero-order valence-electron chi connectivity index (χ0n) is 6.40. The fourth-order valence-electron chi connectivity index (χ4n) is 1.98. The van der Waals surface area contributed by atoms with E-state index in [2.05, 4.69) is 5.16 Å². The minimum absolute atomic E-state index is 0.206. The molecule has 3 heterocycles. The van der Waals surface area contributed by atoms with E-state index in [0.29, 0.717) is 12.5 Å². The van der Waals surface area contributed by atoms with Gasteiger partial charge in [-0.1, -0.05) is 16.9 Å². The maximum Gasteiger partial charge on any atom is 0.282 e. The minimum Gasteiger partial charge on any atom is -0.395 e. The van der Waals surface area contributed by atoms with Crippen molar-refractivity contribution >= 4 is 22.7 Å². The number of nitrogens with zero attached hydrogens (tertiary/aromatic N) is 2. The Kier molecular flexibility index (Phi) is 1.22. The second-order valence-corrected chi connectivity index (χ2v) is 4.23. The first-order valence-corrected chi connectivity index (χ1v) is 4.98. The number of rotatable bonds is 0. The van der Waals surface area contributed by atoms with E-state index in [1.54, 1.807) is 0 Å². The highest BCUT2D eigenvalue weighted by Crippen LogP contribution is 2.35. The topological polar surface area (TPSA) is 41.9 Å². The van der Waals surface area contributed by atoms with Gasteiger partial charge in [0.1, 0.15) is 6.61 Å². The quantitative estimate of drug-likeness (QED) is 0.551. The molecule has 2 atom stereocenters. The Morgan fingerprint density at radius 2 is 2.58 bits per heavy atom. The second kappa shape index (κ2) is 2.16. The summed E-state index contributed by atoms with van der Waals surface area (Å²) in [4.78, 5) is 18.2. The van der Waals surface area contributed by atoms with Crippen LogP contribution < -0.4 is 0 Å². The molecule has 0 radical (unpaired) electrons. The van der Waals surface area contributed by atoms with E-state index in [9.17, 15) is 4.79 Å². The Morgan fingerprint density at radius 1 is 1.67 bits per heavy atom. The zero-order valence-corrected chi connectivity index (χ0v) is 7.21. The van der Waals surface area contributed by atoms with Gasteiger partial charge >= 0.3 is 0 Å². The molecule has 0 aromatic heterocycles. The van der Waals surface area contributed by atoms with Crippen LogP contribution in [0.1, 0.15) is 0 Å². The molecule has 2 fully saturated rings. The average Bonchev–Trinajstić information content (AvgIpc) is 2.63. The Labute approximate surface area is 73.9 Å². The minimum atomic E-state index is 0.206. The summed E-state index contributed by atoms with van der Waals surface area (Å²) in [7, 11) is 0. The van der Waals surface area contributed by atoms with E-state index >= 15 is 0 Å². The van der Waals surface area contributed by atoms with Crippen LogP contribution in [-0.4, -0.2) is 40.8 Å². The van der Waals surface area contributed by atoms with Gasteiger partial charge < -0.3 is 9.74 Å². The molecule has 0 bridgehead atoms. The van der Waals surface area contributed by atoms with E-state index in [1.807, 2.05) is 4.90 Å². The fourth-order valence-corrected chi connectivity index (χ4v) is 2.99. The van der Waals surface area contributed by atoms with Crippen molar-refractivity contribution < 1.29 is 9.63 Å². The van der Waals surface area contributed by atoms with Crippen LogP contribution in [0.5, 0.6) is 0 Å². The van der Waals surface area contributed by atoms with Crippen molar-refractivity contribution in [2.45, 2.75) is 6.04 Å². The Morgan fingerprint density at radius 3 is 3.50 bits per heavy atom. The van der Waals surface area contributed by atoms with Crippen LogP contribution in [0.2, 0.25) is 0 Å². The lowest BCUT2D eigenvalue weighted by atomic mass is 10.1. The molecule has 4 nitrogen and oxygen atoms in total. The highest BCUT2D eigenvalue weighted by molar-refractivity contribution is 8.13. The van der Waals surface area contributed by atoms with Crippen LogP contribution in [0, 0.1) is 5.92 Å². The highest BCUT2D eigenvalue weighted by atomic mass is 32.2. The van der Waals surface area contributed by atoms with Crippen molar-refractivity contribution in [3.05, 3.63) is 0 Å². The summed E-state index contributed by atoms with van der Waals surface area (Å²) in [6.45, 7) is 1.48. The van der Waals surface area contributed by atoms with Crippen LogP contribution in [-0.2, 0) is 4.84 Å². The molecule has 0 aliphatic carbocycles. The molecule has 0 saturated carbocycles. The number of thioether (sulfide) groups is 1. The van der Waals surface area contributed by atoms with E-state index in [0.717, 1.165) is 18.0 Å². The maximum absolute atomic E-state index is 11.3. The van der Waals surface area contributed by atoms with E-state index in [-0.39, 0.29) is 11.3 Å². The SMILES string of the molecule is O=C1SC[C@@H]2C3=NOC[C@H]3CN12. The molecular weight excluding hydrogens is 176 g/mol. The lowest BCUT2D eigenvalue weighted by molar-refractivity contribution is 0.143. The van der Waals surface area contributed by atoms with Gasteiger partial charge in [-0.2, -0.15) is 0 Å². The Hall–Kier alpha value is -0.710. The molecule has 3 aliphatic rings. The highest BCUT2D eigenvalue weighted by Gasteiger charge is 2.47. The largest absolute Gasteiger partial charge is 0.395 e. The molecule has 3 rings (SSSR count). The van der Waals surface area contributed by atoms with E-state index in [1.165, 1.54) is 11.8 Å². The average molecular weight is 184 g/mol. The third-order valence-electron chi connectivity index (χ3n) is 2.60. The molecule has 12 heavy (non-hydrogen) atoms. The predicted octanol–water partition coefficient (Wildman–Crippen LogP) is 0.540. The zero-order chi connectivity index (χ0) is 8.13. The van der Waals surface area contributed by atoms with Gasteiger partial charge in [0.05, 0.1) is 17.7 Å². The number of fused-ring (bicyclic) bond motifs is 3. The summed E-state index contributed by atoms with van der Waals surface area (Å²) in [5.74, 6) is 1.25. The van der Waals surface area contributed by atoms with Crippen molar-refractivity contribution in [2.75, 3.05) is 18.9 Å². The Balaban J connectivity index is 1.96. The van der Waals surface area contributed by atoms with Crippen molar-refractivity contribution in [1.29, 1.82) is 0 Å². The van der Waals surface area contributed by atoms with Gasteiger partial charge in [0.25, 0.3) is 5.24 Å². The molecule has 0 unspecified atom stereocenters. The normalized spacial score (nSPS) is 37.8. The van der Waals surface area contributed by atoms with Crippen LogP contribution in [0.3, 0.4) is 0 Å². The first kappa shape index (κ1) is 6.77. The van der Waals surface area contributed by atoms with Gasteiger partial charge in [-0.3, -0.25) is 4.79 Å². The van der Waals surface area contributed by atoms with Crippen LogP contribution in [0.15, 0.2) is 5.16 Å². The number of amides is 1. The van der Waals surface area contributed by atoms with Gasteiger partial charge in [-0.05, 0) is 0 Å². The summed E-state index contributed by atoms with van der Waals surface area (Å²) in [6, 6.07) is 0.245. The molecular formula is C7H8N2O2S. The van der Waals surface area contributed by atoms with Crippen molar-refractivity contribution in [3.63, 3.8) is 0 Å². The van der Waals surface area contributed by atoms with Gasteiger partial charge in [0, 0.05) is 12.3 Å². The van der Waals surface area contributed by atoms with Crippen LogP contribution >= 0.6 is 11.8 Å². The molecule has 0 aromatic rings. The van der Waals surface area contributed by atoms with E-state index < -0.39 is 0 Å². The van der Waals surface area contributed by atoms with Gasteiger partial charge in [-0.25, -0.2) is 0 Å². The molecule has 0 spiro atoms. The summed E-state index contributed by atoms with van der Waals surface area (Å²) < 4.78 is 0. The van der Waals surface area contributed by atoms with Crippen molar-refractivity contribution in [3.8, 4) is 0 Å². The summed E-state index contributed by atoms with van der Waals surface area (Å²) in [6.07, 6.45) is 0. The van der Waals surface area contributed by atoms with Gasteiger partial charge in [-0.15, -0.1) is 0 Å². The van der Waals surface area contributed by atoms with E-state index in [4.69, 9.17) is 4.84 Å². The molecule has 64 valence electrons. The second-order valence-electron chi connectivity index (χ2n) is 3.25. The van der Waals surface area contributed by atoms with Crippen LogP contribution in [0.25, 0.3) is 0 Å². The number of oxime groups is 1. The summed E-state index contributed by atoms with van der Waals surface area (Å²) >= 11 is 1.39. The summed E-state index contributed by atoms with van der Waals surface area (Å²) in [5, 5.41) is 4.19. The first-order valence-electron chi connectivity index (χ1n) is 3.99. The first-order chi connectivity index (χ1) is 5.86. The van der Waals surface area contributed by atoms with Gasteiger partial charge in [0.15, 0.2) is 0 Å². The number of carbonyl (C=O) groups is 1. The predicted molar refractivity (Wildman–Crippen MR) is 45.2 cm³/mol. The maximum atomic E-state index is 11.3. The van der Waals surface area contributed by atoms with Crippen molar-refractivity contribution in [1.82, 2.24) is 4.90 Å². The van der Waals surface area contributed by atoms with Crippen molar-refractivity contribution in [2.24, 2.45) is 11.1 Å². The molecule has 2 saturated heterocycles. The number of hydrogen-bond donors (Lipinski definition) is 0. The third-order valence-corrected chi connectivity index (χ3v) is 3.56. The molecule has 0 N–H and O–H groups in total. The standard InChI is InChI=1S/C7H8N2O2S/c10-7-9-1-4-2-11-8-6(4)5(9)3-12-7/h4-5H,1-3H2/t4-,5-/m1/s1. The lowest BCUT2D eigenvalue weighted by Gasteiger charge is -2.12. The molecule has 0 aromatic carbocycles. The number of hydrogen-bond acceptors (Lipinski definition) is 4. The molecule has 1 amide bonds. The molecule has 5 heteroatoms. The smallest absolute Gasteiger partial charge is 0.282 e. The Bertz CT molecular complexity index is 279. The van der Waals surface area contributed by atoms with Gasteiger partial charge in [0.2, 0.25) is 0 Å². The van der Waals surface area contributed by atoms with Crippen LogP contribution in [0.4, 0.5) is 4.79 Å².